The molecule has 0 radical (unpaired) electrons. The molecule has 84 valence electrons. The summed E-state index contributed by atoms with van der Waals surface area (Å²) in [7, 11) is 0. The summed E-state index contributed by atoms with van der Waals surface area (Å²) in [5.74, 6) is -1.51. The van der Waals surface area contributed by atoms with E-state index in [2.05, 4.69) is 15.9 Å². The maximum atomic E-state index is 13.5. The van der Waals surface area contributed by atoms with Crippen molar-refractivity contribution in [3.8, 4) is 0 Å². The molecule has 0 aliphatic heterocycles. The Hall–Kier alpha value is -0.780. The van der Waals surface area contributed by atoms with Crippen LogP contribution in [0.3, 0.4) is 0 Å². The molecule has 0 amide bonds. The molecular formula is C11H7BrF2OS. The average Bonchev–Trinajstić information content (AvgIpc) is 2.67. The van der Waals surface area contributed by atoms with Crippen molar-refractivity contribution in [3.63, 3.8) is 0 Å². The van der Waals surface area contributed by atoms with Gasteiger partial charge in [-0.2, -0.15) is 0 Å². The van der Waals surface area contributed by atoms with Gasteiger partial charge in [-0.1, -0.05) is 22.0 Å². The molecule has 1 aromatic heterocycles. The minimum Gasteiger partial charge on any atom is -0.383 e. The van der Waals surface area contributed by atoms with Crippen molar-refractivity contribution in [1.82, 2.24) is 0 Å². The van der Waals surface area contributed by atoms with Gasteiger partial charge in [-0.3, -0.25) is 0 Å². The molecule has 0 saturated carbocycles. The number of hydrogen-bond donors (Lipinski definition) is 1. The normalized spacial score (nSPS) is 12.8. The summed E-state index contributed by atoms with van der Waals surface area (Å²) in [6.07, 6.45) is -1.26. The minimum atomic E-state index is -1.26. The van der Waals surface area contributed by atoms with Gasteiger partial charge in [0.2, 0.25) is 0 Å². The van der Waals surface area contributed by atoms with Crippen LogP contribution in [0.15, 0.2) is 34.1 Å². The first-order valence-electron chi connectivity index (χ1n) is 4.45. The summed E-state index contributed by atoms with van der Waals surface area (Å²) in [5.41, 5.74) is -0.314. The molecule has 2 rings (SSSR count). The van der Waals surface area contributed by atoms with Gasteiger partial charge in [0.15, 0.2) is 0 Å². The lowest BCUT2D eigenvalue weighted by Gasteiger charge is -2.11. The Morgan fingerprint density at radius 1 is 1.25 bits per heavy atom. The van der Waals surface area contributed by atoms with Crippen LogP contribution in [-0.2, 0) is 0 Å². The Morgan fingerprint density at radius 2 is 1.88 bits per heavy atom. The monoisotopic (exact) mass is 304 g/mol. The number of rotatable bonds is 2. The summed E-state index contributed by atoms with van der Waals surface area (Å²) in [6.45, 7) is 0. The third-order valence-electron chi connectivity index (χ3n) is 2.13. The van der Waals surface area contributed by atoms with Crippen LogP contribution in [0.4, 0.5) is 8.78 Å². The molecule has 1 aromatic carbocycles. The van der Waals surface area contributed by atoms with Gasteiger partial charge in [0.1, 0.15) is 17.7 Å². The zero-order valence-electron chi connectivity index (χ0n) is 7.95. The van der Waals surface area contributed by atoms with E-state index < -0.39 is 17.7 Å². The Kier molecular flexibility index (Phi) is 3.37. The van der Waals surface area contributed by atoms with Gasteiger partial charge in [0.25, 0.3) is 0 Å². The highest BCUT2D eigenvalue weighted by atomic mass is 79.9. The highest BCUT2D eigenvalue weighted by Gasteiger charge is 2.21. The molecule has 0 fully saturated rings. The van der Waals surface area contributed by atoms with E-state index in [1.165, 1.54) is 11.3 Å². The van der Waals surface area contributed by atoms with E-state index in [1.807, 2.05) is 0 Å². The molecule has 1 nitrogen and oxygen atoms in total. The highest BCUT2D eigenvalue weighted by Crippen LogP contribution is 2.31. The van der Waals surface area contributed by atoms with E-state index in [0.29, 0.717) is 9.35 Å². The average molecular weight is 305 g/mol. The maximum Gasteiger partial charge on any atom is 0.133 e. The van der Waals surface area contributed by atoms with Crippen molar-refractivity contribution in [2.45, 2.75) is 6.10 Å². The predicted molar refractivity (Wildman–Crippen MR) is 62.4 cm³/mol. The van der Waals surface area contributed by atoms with E-state index in [0.717, 1.165) is 12.1 Å². The van der Waals surface area contributed by atoms with Gasteiger partial charge >= 0.3 is 0 Å². The predicted octanol–water partition coefficient (Wildman–Crippen LogP) is 3.87. The zero-order valence-corrected chi connectivity index (χ0v) is 10.4. The number of halogens is 3. The number of thiophene rings is 1. The molecule has 1 N–H and O–H groups in total. The molecule has 0 aliphatic rings. The topological polar surface area (TPSA) is 20.2 Å². The molecular weight excluding hydrogens is 298 g/mol. The third-order valence-corrected chi connectivity index (χ3v) is 3.51. The van der Waals surface area contributed by atoms with Crippen LogP contribution >= 0.6 is 27.3 Å². The molecule has 16 heavy (non-hydrogen) atoms. The lowest BCUT2D eigenvalue weighted by Crippen LogP contribution is -2.04. The van der Waals surface area contributed by atoms with Crippen LogP contribution < -0.4 is 0 Å². The maximum absolute atomic E-state index is 13.5. The smallest absolute Gasteiger partial charge is 0.133 e. The van der Waals surface area contributed by atoms with Gasteiger partial charge in [-0.25, -0.2) is 8.78 Å². The van der Waals surface area contributed by atoms with Gasteiger partial charge in [-0.05, 0) is 23.6 Å². The van der Waals surface area contributed by atoms with Crippen molar-refractivity contribution >= 4 is 27.3 Å². The first-order chi connectivity index (χ1) is 7.59. The lowest BCUT2D eigenvalue weighted by atomic mass is 10.1. The second-order valence-corrected chi connectivity index (χ2v) is 5.10. The van der Waals surface area contributed by atoms with Crippen LogP contribution in [-0.4, -0.2) is 5.11 Å². The quantitative estimate of drug-likeness (QED) is 0.893. The fourth-order valence-electron chi connectivity index (χ4n) is 1.40. The summed E-state index contributed by atoms with van der Waals surface area (Å²) < 4.78 is 27.4. The fraction of sp³-hybridized carbons (Fsp3) is 0.0909. The highest BCUT2D eigenvalue weighted by molar-refractivity contribution is 9.10. The lowest BCUT2D eigenvalue weighted by molar-refractivity contribution is 0.212. The summed E-state index contributed by atoms with van der Waals surface area (Å²) in [5, 5.41) is 11.6. The molecule has 0 saturated heterocycles. The molecule has 0 aliphatic carbocycles. The standard InChI is InChI=1S/C11H7BrF2OS/c12-6-4-7(13)10(8(14)5-6)11(15)9-2-1-3-16-9/h1-5,11,15H. The van der Waals surface area contributed by atoms with E-state index in [1.54, 1.807) is 17.5 Å². The van der Waals surface area contributed by atoms with Gasteiger partial charge in [-0.15, -0.1) is 11.3 Å². The summed E-state index contributed by atoms with van der Waals surface area (Å²) in [4.78, 5) is 0.514. The Labute approximate surface area is 103 Å². The van der Waals surface area contributed by atoms with Crippen molar-refractivity contribution in [2.24, 2.45) is 0 Å². The first-order valence-corrected chi connectivity index (χ1v) is 6.13. The SMILES string of the molecule is OC(c1cccs1)c1c(F)cc(Br)cc1F. The van der Waals surface area contributed by atoms with Crippen molar-refractivity contribution in [3.05, 3.63) is 56.2 Å². The number of aliphatic hydroxyl groups excluding tert-OH is 1. The van der Waals surface area contributed by atoms with Crippen molar-refractivity contribution < 1.29 is 13.9 Å². The summed E-state index contributed by atoms with van der Waals surface area (Å²) >= 11 is 4.24. The molecule has 0 bridgehead atoms. The second-order valence-electron chi connectivity index (χ2n) is 3.20. The van der Waals surface area contributed by atoms with E-state index in [9.17, 15) is 13.9 Å². The molecule has 0 spiro atoms. The van der Waals surface area contributed by atoms with Crippen LogP contribution in [0, 0.1) is 11.6 Å². The van der Waals surface area contributed by atoms with Crippen LogP contribution in [0.2, 0.25) is 0 Å². The van der Waals surface area contributed by atoms with Crippen LogP contribution in [0.1, 0.15) is 16.5 Å². The molecule has 1 heterocycles. The van der Waals surface area contributed by atoms with Crippen molar-refractivity contribution in [2.75, 3.05) is 0 Å². The molecule has 1 unspecified atom stereocenters. The number of benzene rings is 1. The van der Waals surface area contributed by atoms with Crippen LogP contribution in [0.5, 0.6) is 0 Å². The van der Waals surface area contributed by atoms with E-state index >= 15 is 0 Å². The fourth-order valence-corrected chi connectivity index (χ4v) is 2.52. The molecule has 2 aromatic rings. The van der Waals surface area contributed by atoms with Crippen molar-refractivity contribution in [1.29, 1.82) is 0 Å². The van der Waals surface area contributed by atoms with E-state index in [-0.39, 0.29) is 5.56 Å². The Bertz CT molecular complexity index is 476. The second kappa shape index (κ2) is 4.61. The van der Waals surface area contributed by atoms with Gasteiger partial charge < -0.3 is 5.11 Å². The van der Waals surface area contributed by atoms with Gasteiger partial charge in [0.05, 0.1) is 5.56 Å². The van der Waals surface area contributed by atoms with E-state index in [4.69, 9.17) is 0 Å². The molecule has 5 heteroatoms. The summed E-state index contributed by atoms with van der Waals surface area (Å²) in [6, 6.07) is 5.62. The largest absolute Gasteiger partial charge is 0.383 e. The zero-order chi connectivity index (χ0) is 11.7. The first kappa shape index (κ1) is 11.7. The van der Waals surface area contributed by atoms with Crippen LogP contribution in [0.25, 0.3) is 0 Å². The molecule has 1 atom stereocenters. The Morgan fingerprint density at radius 3 is 2.38 bits per heavy atom. The Balaban J connectivity index is 2.48. The minimum absolute atomic E-state index is 0.310. The number of aliphatic hydroxyl groups is 1. The number of hydrogen-bond acceptors (Lipinski definition) is 2. The van der Waals surface area contributed by atoms with Gasteiger partial charge in [0, 0.05) is 9.35 Å². The third kappa shape index (κ3) is 2.16.